The number of aliphatic hydroxyl groups excluding tert-OH is 1. The van der Waals surface area contributed by atoms with Gasteiger partial charge in [-0.1, -0.05) is 104 Å². The van der Waals surface area contributed by atoms with Crippen molar-refractivity contribution < 1.29 is 24.8 Å². The molecule has 0 saturated carbocycles. The summed E-state index contributed by atoms with van der Waals surface area (Å²) in [7, 11) is 0. The fourth-order valence-corrected chi connectivity index (χ4v) is 6.26. The van der Waals surface area contributed by atoms with Gasteiger partial charge in [0.05, 0.1) is 11.5 Å². The number of nitrogens with two attached hydrogens (primary N) is 1. The monoisotopic (exact) mass is 592 g/mol. The van der Waals surface area contributed by atoms with E-state index in [0.717, 1.165) is 16.7 Å². The number of anilines is 1. The van der Waals surface area contributed by atoms with E-state index >= 15 is 0 Å². The highest BCUT2D eigenvalue weighted by Gasteiger charge is 2.67. The van der Waals surface area contributed by atoms with Crippen molar-refractivity contribution in [3.63, 3.8) is 0 Å². The Morgan fingerprint density at radius 2 is 1.43 bits per heavy atom. The van der Waals surface area contributed by atoms with E-state index in [-0.39, 0.29) is 37.7 Å². The molecule has 0 radical (unpaired) electrons. The van der Waals surface area contributed by atoms with E-state index in [4.69, 9.17) is 15.2 Å². The van der Waals surface area contributed by atoms with Gasteiger partial charge >= 0.3 is 0 Å². The van der Waals surface area contributed by atoms with Gasteiger partial charge < -0.3 is 35.1 Å². The summed E-state index contributed by atoms with van der Waals surface area (Å²) in [5, 5.41) is 38.1. The Kier molecular flexibility index (Phi) is 8.20. The summed E-state index contributed by atoms with van der Waals surface area (Å²) < 4.78 is 14.0. The van der Waals surface area contributed by atoms with Crippen LogP contribution in [-0.2, 0) is 24.0 Å². The Bertz CT molecular complexity index is 1720. The van der Waals surface area contributed by atoms with Crippen LogP contribution in [-0.4, -0.2) is 59.9 Å². The molecule has 5 aromatic rings. The predicted octanol–water partition coefficient (Wildman–Crippen LogP) is 4.03. The minimum atomic E-state index is -1.94. The minimum Gasteiger partial charge on any atom is -0.473 e. The molecule has 2 aromatic heterocycles. The zero-order valence-electron chi connectivity index (χ0n) is 24.2. The molecular formula is C35H36N4O5. The van der Waals surface area contributed by atoms with Crippen molar-refractivity contribution in [1.29, 1.82) is 0 Å². The van der Waals surface area contributed by atoms with Crippen LogP contribution in [0.5, 0.6) is 5.88 Å². The molecule has 0 amide bonds. The number of hydrogen-bond donors (Lipinski definition) is 4. The summed E-state index contributed by atoms with van der Waals surface area (Å²) in [6.45, 7) is 3.91. The van der Waals surface area contributed by atoms with E-state index in [0.29, 0.717) is 11.0 Å². The van der Waals surface area contributed by atoms with Crippen LogP contribution in [0.1, 0.15) is 22.9 Å². The number of aliphatic hydroxyl groups is 3. The topological polar surface area (TPSA) is 136 Å². The molecule has 1 aliphatic rings. The lowest BCUT2D eigenvalue weighted by molar-refractivity contribution is -0.160. The first kappa shape index (κ1) is 29.5. The Morgan fingerprint density at radius 3 is 2.02 bits per heavy atom. The molecule has 1 saturated heterocycles. The average Bonchev–Trinajstić information content (AvgIpc) is 3.53. The third kappa shape index (κ3) is 5.46. The zero-order chi connectivity index (χ0) is 30.7. The molecule has 6 rings (SSSR count). The highest BCUT2D eigenvalue weighted by Crippen LogP contribution is 2.51. The summed E-state index contributed by atoms with van der Waals surface area (Å²) in [5.41, 5.74) is 5.01. The first-order valence-electron chi connectivity index (χ1n) is 14.6. The molecule has 0 spiro atoms. The maximum atomic E-state index is 13.0. The summed E-state index contributed by atoms with van der Waals surface area (Å²) in [6.07, 6.45) is 0.0341. The van der Waals surface area contributed by atoms with Gasteiger partial charge in [0.2, 0.25) is 11.8 Å². The number of fused-ring (bicyclic) bond motifs is 1. The summed E-state index contributed by atoms with van der Waals surface area (Å²) in [4.78, 5) is 8.73. The standard InChI is InChI=1S/C35H36N4O5/c1-2-20-43-31-27-18-19-39(30(27)37-33(36)38-31)32-35(42,23-26-16-10-5-11-17-26)34(41,22-25-14-8-4-9-15-25)29(44-32)28(40)21-24-12-6-3-7-13-24/h2-19,28-29,32,40-42H,1,20-23H2,(H2,36,37,38)/t28?,29-,32-,34-,35-/m1/s1. The first-order valence-corrected chi connectivity index (χ1v) is 14.6. The van der Waals surface area contributed by atoms with Crippen LogP contribution in [0.2, 0.25) is 0 Å². The van der Waals surface area contributed by atoms with Crippen LogP contribution in [0.4, 0.5) is 5.95 Å². The number of nitrogens with zero attached hydrogens (tertiary/aromatic N) is 3. The van der Waals surface area contributed by atoms with Gasteiger partial charge in [0.1, 0.15) is 23.9 Å². The van der Waals surface area contributed by atoms with Crippen molar-refractivity contribution >= 4 is 17.0 Å². The normalized spacial score (nSPS) is 23.9. The molecule has 1 fully saturated rings. The molecule has 9 heteroatoms. The van der Waals surface area contributed by atoms with Crippen LogP contribution in [0.15, 0.2) is 116 Å². The van der Waals surface area contributed by atoms with Crippen molar-refractivity contribution in [3.8, 4) is 5.88 Å². The molecule has 0 bridgehead atoms. The first-order chi connectivity index (χ1) is 21.3. The third-order valence-corrected chi connectivity index (χ3v) is 8.32. The zero-order valence-corrected chi connectivity index (χ0v) is 24.2. The maximum Gasteiger partial charge on any atom is 0.228 e. The molecule has 5 atom stereocenters. The van der Waals surface area contributed by atoms with Gasteiger partial charge in [0.25, 0.3) is 0 Å². The second-order valence-electron chi connectivity index (χ2n) is 11.3. The molecule has 3 aromatic carbocycles. The molecule has 1 unspecified atom stereocenters. The average molecular weight is 593 g/mol. The van der Waals surface area contributed by atoms with Crippen molar-refractivity contribution in [3.05, 3.63) is 133 Å². The van der Waals surface area contributed by atoms with Gasteiger partial charge in [-0.2, -0.15) is 9.97 Å². The van der Waals surface area contributed by atoms with Gasteiger partial charge in [-0.3, -0.25) is 0 Å². The Hall–Kier alpha value is -4.54. The lowest BCUT2D eigenvalue weighted by Crippen LogP contribution is -2.62. The van der Waals surface area contributed by atoms with E-state index in [1.807, 2.05) is 91.0 Å². The van der Waals surface area contributed by atoms with Gasteiger partial charge in [0, 0.05) is 25.5 Å². The molecule has 9 nitrogen and oxygen atoms in total. The fourth-order valence-electron chi connectivity index (χ4n) is 6.26. The molecule has 226 valence electrons. The fraction of sp³-hybridized carbons (Fsp3) is 0.257. The van der Waals surface area contributed by atoms with Crippen molar-refractivity contribution in [2.75, 3.05) is 12.3 Å². The lowest BCUT2D eigenvalue weighted by atomic mass is 9.71. The number of aromatic nitrogens is 3. The quantitative estimate of drug-likeness (QED) is 0.169. The van der Waals surface area contributed by atoms with Crippen molar-refractivity contribution in [1.82, 2.24) is 14.5 Å². The summed E-state index contributed by atoms with van der Waals surface area (Å²) >= 11 is 0. The number of ether oxygens (including phenoxy) is 2. The smallest absolute Gasteiger partial charge is 0.228 e. The van der Waals surface area contributed by atoms with E-state index in [2.05, 4.69) is 16.5 Å². The molecule has 44 heavy (non-hydrogen) atoms. The number of benzene rings is 3. The summed E-state index contributed by atoms with van der Waals surface area (Å²) in [6, 6.07) is 30.1. The highest BCUT2D eigenvalue weighted by molar-refractivity contribution is 5.82. The van der Waals surface area contributed by atoms with Gasteiger partial charge in [0.15, 0.2) is 11.9 Å². The largest absolute Gasteiger partial charge is 0.473 e. The molecular weight excluding hydrogens is 556 g/mol. The van der Waals surface area contributed by atoms with E-state index in [1.165, 1.54) is 0 Å². The van der Waals surface area contributed by atoms with Crippen LogP contribution in [0.25, 0.3) is 11.0 Å². The Balaban J connectivity index is 1.51. The molecule has 0 aliphatic carbocycles. The number of rotatable bonds is 11. The second kappa shape index (κ2) is 12.2. The third-order valence-electron chi connectivity index (χ3n) is 8.32. The number of hydrogen-bond acceptors (Lipinski definition) is 8. The SMILES string of the molecule is C=CCOc1nc(N)nc2c1ccn2[C@@H]1O[C@H](C(O)Cc2ccccc2)[C@](O)(Cc2ccccc2)[C@@]1(O)Cc1ccccc1. The van der Waals surface area contributed by atoms with Crippen molar-refractivity contribution in [2.45, 2.75) is 48.9 Å². The minimum absolute atomic E-state index is 0.0220. The van der Waals surface area contributed by atoms with Gasteiger partial charge in [-0.25, -0.2) is 0 Å². The second-order valence-corrected chi connectivity index (χ2v) is 11.3. The predicted molar refractivity (Wildman–Crippen MR) is 168 cm³/mol. The van der Waals surface area contributed by atoms with E-state index < -0.39 is 29.6 Å². The Labute approximate surface area is 255 Å². The Morgan fingerprint density at radius 1 is 0.864 bits per heavy atom. The van der Waals surface area contributed by atoms with Crippen LogP contribution in [0, 0.1) is 0 Å². The van der Waals surface area contributed by atoms with Gasteiger partial charge in [-0.15, -0.1) is 0 Å². The maximum absolute atomic E-state index is 13.0. The van der Waals surface area contributed by atoms with E-state index in [1.54, 1.807) is 22.9 Å². The molecule has 3 heterocycles. The number of nitrogen functional groups attached to an aromatic ring is 1. The van der Waals surface area contributed by atoms with Crippen LogP contribution in [0.3, 0.4) is 0 Å². The van der Waals surface area contributed by atoms with Crippen LogP contribution < -0.4 is 10.5 Å². The molecule has 1 aliphatic heterocycles. The van der Waals surface area contributed by atoms with Gasteiger partial charge in [-0.05, 0) is 22.8 Å². The summed E-state index contributed by atoms with van der Waals surface area (Å²) in [5.74, 6) is 0.234. The van der Waals surface area contributed by atoms with E-state index in [9.17, 15) is 15.3 Å². The highest BCUT2D eigenvalue weighted by atomic mass is 16.6. The lowest BCUT2D eigenvalue weighted by Gasteiger charge is -2.42. The molecule has 5 N–H and O–H groups in total. The van der Waals surface area contributed by atoms with Crippen molar-refractivity contribution in [2.24, 2.45) is 0 Å². The van der Waals surface area contributed by atoms with Crippen LogP contribution >= 0.6 is 0 Å².